The lowest BCUT2D eigenvalue weighted by Gasteiger charge is -2.30. The molecule has 112 valence electrons. The number of nitro groups is 1. The maximum absolute atomic E-state index is 11.0. The number of hydrogen-bond donors (Lipinski definition) is 1. The van der Waals surface area contributed by atoms with E-state index in [0.29, 0.717) is 12.3 Å². The highest BCUT2D eigenvalue weighted by atomic mass is 35.5. The van der Waals surface area contributed by atoms with E-state index in [0.717, 1.165) is 31.5 Å². The van der Waals surface area contributed by atoms with Gasteiger partial charge in [0.1, 0.15) is 0 Å². The lowest BCUT2D eigenvalue weighted by atomic mass is 10.1. The van der Waals surface area contributed by atoms with Crippen molar-refractivity contribution in [3.63, 3.8) is 0 Å². The molecule has 0 unspecified atom stereocenters. The van der Waals surface area contributed by atoms with Crippen LogP contribution in [-0.2, 0) is 6.54 Å². The molecule has 20 heavy (non-hydrogen) atoms. The van der Waals surface area contributed by atoms with Crippen LogP contribution in [0.5, 0.6) is 5.75 Å². The van der Waals surface area contributed by atoms with Crippen molar-refractivity contribution in [2.24, 2.45) is 5.73 Å². The van der Waals surface area contributed by atoms with Crippen molar-refractivity contribution >= 4 is 18.1 Å². The Hall–Kier alpha value is -1.37. The quantitative estimate of drug-likeness (QED) is 0.679. The Morgan fingerprint density at radius 1 is 1.55 bits per heavy atom. The molecule has 1 heterocycles. The summed E-state index contributed by atoms with van der Waals surface area (Å²) in [7, 11) is 1.44. The molecule has 0 saturated carbocycles. The molecule has 1 fully saturated rings. The Balaban J connectivity index is 0.00000200. The van der Waals surface area contributed by atoms with Gasteiger partial charge in [0.25, 0.3) is 0 Å². The average molecular weight is 302 g/mol. The van der Waals surface area contributed by atoms with Gasteiger partial charge in [0.15, 0.2) is 5.75 Å². The van der Waals surface area contributed by atoms with E-state index in [4.69, 9.17) is 10.5 Å². The number of likely N-dealkylation sites (tertiary alicyclic amines) is 1. The topological polar surface area (TPSA) is 81.6 Å². The monoisotopic (exact) mass is 301 g/mol. The van der Waals surface area contributed by atoms with Crippen molar-refractivity contribution < 1.29 is 9.66 Å². The zero-order valence-electron chi connectivity index (χ0n) is 11.4. The summed E-state index contributed by atoms with van der Waals surface area (Å²) >= 11 is 0. The predicted molar refractivity (Wildman–Crippen MR) is 79.4 cm³/mol. The van der Waals surface area contributed by atoms with Crippen molar-refractivity contribution in [3.8, 4) is 5.75 Å². The van der Waals surface area contributed by atoms with Crippen LogP contribution in [0, 0.1) is 10.1 Å². The molecule has 2 N–H and O–H groups in total. The minimum Gasteiger partial charge on any atom is -0.490 e. The zero-order valence-corrected chi connectivity index (χ0v) is 12.3. The number of benzene rings is 1. The Morgan fingerprint density at radius 2 is 2.30 bits per heavy atom. The molecule has 7 heteroatoms. The van der Waals surface area contributed by atoms with Crippen molar-refractivity contribution in [2.75, 3.05) is 20.2 Å². The third-order valence-electron chi connectivity index (χ3n) is 3.39. The normalized spacial score (nSPS) is 19.2. The van der Waals surface area contributed by atoms with E-state index in [1.807, 2.05) is 6.07 Å². The summed E-state index contributed by atoms with van der Waals surface area (Å²) in [4.78, 5) is 12.8. The summed E-state index contributed by atoms with van der Waals surface area (Å²) in [6.07, 6.45) is 2.14. The second-order valence-electron chi connectivity index (χ2n) is 4.90. The SMILES string of the molecule is COc1ccc(CN2CCC[C@@H](N)C2)cc1[N+](=O)[O-].Cl. The third-order valence-corrected chi connectivity index (χ3v) is 3.39. The molecule has 1 aromatic rings. The first-order valence-corrected chi connectivity index (χ1v) is 6.39. The van der Waals surface area contributed by atoms with Crippen molar-refractivity contribution in [1.82, 2.24) is 4.90 Å². The Bertz CT molecular complexity index is 470. The molecule has 1 saturated heterocycles. The van der Waals surface area contributed by atoms with Crippen LogP contribution < -0.4 is 10.5 Å². The molecule has 0 aromatic heterocycles. The minimum atomic E-state index is -0.412. The van der Waals surface area contributed by atoms with Gasteiger partial charge < -0.3 is 10.5 Å². The van der Waals surface area contributed by atoms with Gasteiger partial charge in [-0.15, -0.1) is 12.4 Å². The Labute approximate surface area is 124 Å². The van der Waals surface area contributed by atoms with E-state index in [9.17, 15) is 10.1 Å². The number of halogens is 1. The van der Waals surface area contributed by atoms with Crippen LogP contribution in [0.4, 0.5) is 5.69 Å². The third kappa shape index (κ3) is 4.06. The average Bonchev–Trinajstić information content (AvgIpc) is 2.38. The number of ether oxygens (including phenoxy) is 1. The summed E-state index contributed by atoms with van der Waals surface area (Å²) in [5.74, 6) is 0.295. The van der Waals surface area contributed by atoms with Gasteiger partial charge in [-0.05, 0) is 31.0 Å². The largest absolute Gasteiger partial charge is 0.490 e. The van der Waals surface area contributed by atoms with Gasteiger partial charge in [-0.3, -0.25) is 15.0 Å². The van der Waals surface area contributed by atoms with Gasteiger partial charge in [0.05, 0.1) is 12.0 Å². The summed E-state index contributed by atoms with van der Waals surface area (Å²) in [5, 5.41) is 11.0. The molecular formula is C13H20ClN3O3. The standard InChI is InChI=1S/C13H19N3O3.ClH/c1-19-13-5-4-10(7-12(13)16(17)18)8-15-6-2-3-11(14)9-15;/h4-5,7,11H,2-3,6,8-9,14H2,1H3;1H/t11-;/m1./s1. The van der Waals surface area contributed by atoms with Crippen molar-refractivity contribution in [2.45, 2.75) is 25.4 Å². The fourth-order valence-corrected chi connectivity index (χ4v) is 2.47. The van der Waals surface area contributed by atoms with Crippen LogP contribution in [0.2, 0.25) is 0 Å². The molecule has 1 atom stereocenters. The van der Waals surface area contributed by atoms with Crippen molar-refractivity contribution in [1.29, 1.82) is 0 Å². The highest BCUT2D eigenvalue weighted by Gasteiger charge is 2.19. The first-order chi connectivity index (χ1) is 9.10. The lowest BCUT2D eigenvalue weighted by Crippen LogP contribution is -2.42. The number of nitrogens with two attached hydrogens (primary N) is 1. The van der Waals surface area contributed by atoms with Crippen molar-refractivity contribution in [3.05, 3.63) is 33.9 Å². The van der Waals surface area contributed by atoms with E-state index < -0.39 is 4.92 Å². The molecule has 0 bridgehead atoms. The number of rotatable bonds is 4. The lowest BCUT2D eigenvalue weighted by molar-refractivity contribution is -0.385. The van der Waals surface area contributed by atoms with Crippen LogP contribution in [0.25, 0.3) is 0 Å². The summed E-state index contributed by atoms with van der Waals surface area (Å²) < 4.78 is 4.99. The van der Waals surface area contributed by atoms with Gasteiger partial charge in [-0.1, -0.05) is 6.07 Å². The number of nitrogens with zero attached hydrogens (tertiary/aromatic N) is 2. The fraction of sp³-hybridized carbons (Fsp3) is 0.538. The van der Waals surface area contributed by atoms with Gasteiger partial charge in [-0.25, -0.2) is 0 Å². The predicted octanol–water partition coefficient (Wildman–Crippen LogP) is 1.95. The van der Waals surface area contributed by atoms with Crippen LogP contribution in [0.1, 0.15) is 18.4 Å². The molecule has 1 aromatic carbocycles. The van der Waals surface area contributed by atoms with Crippen LogP contribution in [0.15, 0.2) is 18.2 Å². The summed E-state index contributed by atoms with van der Waals surface area (Å²) in [5.41, 5.74) is 6.87. The first-order valence-electron chi connectivity index (χ1n) is 6.39. The molecular weight excluding hydrogens is 282 g/mol. The molecule has 1 aliphatic heterocycles. The number of piperidine rings is 1. The molecule has 1 aliphatic rings. The Kier molecular flexibility index (Phi) is 6.19. The molecule has 6 nitrogen and oxygen atoms in total. The van der Waals surface area contributed by atoms with Crippen LogP contribution in [-0.4, -0.2) is 36.1 Å². The maximum Gasteiger partial charge on any atom is 0.311 e. The summed E-state index contributed by atoms with van der Waals surface area (Å²) in [6, 6.07) is 5.31. The molecule has 0 radical (unpaired) electrons. The molecule has 2 rings (SSSR count). The van der Waals surface area contributed by atoms with Gasteiger partial charge >= 0.3 is 5.69 Å². The highest BCUT2D eigenvalue weighted by Crippen LogP contribution is 2.28. The second kappa shape index (κ2) is 7.42. The molecule has 0 spiro atoms. The van der Waals surface area contributed by atoms with E-state index in [-0.39, 0.29) is 24.1 Å². The Morgan fingerprint density at radius 3 is 2.90 bits per heavy atom. The second-order valence-corrected chi connectivity index (χ2v) is 4.90. The van der Waals surface area contributed by atoms with E-state index in [1.165, 1.54) is 7.11 Å². The first kappa shape index (κ1) is 16.7. The number of methoxy groups -OCH3 is 1. The van der Waals surface area contributed by atoms with E-state index in [2.05, 4.69) is 4.90 Å². The van der Waals surface area contributed by atoms with E-state index >= 15 is 0 Å². The van der Waals surface area contributed by atoms with Gasteiger partial charge in [0, 0.05) is 25.2 Å². The highest BCUT2D eigenvalue weighted by molar-refractivity contribution is 5.85. The van der Waals surface area contributed by atoms with Crippen LogP contribution in [0.3, 0.4) is 0 Å². The summed E-state index contributed by atoms with van der Waals surface area (Å²) in [6.45, 7) is 2.53. The molecule has 0 aliphatic carbocycles. The minimum absolute atomic E-state index is 0. The van der Waals surface area contributed by atoms with Gasteiger partial charge in [-0.2, -0.15) is 0 Å². The van der Waals surface area contributed by atoms with Crippen LogP contribution >= 0.6 is 12.4 Å². The zero-order chi connectivity index (χ0) is 13.8. The smallest absolute Gasteiger partial charge is 0.311 e. The number of nitro benzene ring substituents is 1. The fourth-order valence-electron chi connectivity index (χ4n) is 2.47. The maximum atomic E-state index is 11.0. The van der Waals surface area contributed by atoms with E-state index in [1.54, 1.807) is 12.1 Å². The molecule has 0 amide bonds. The number of hydrogen-bond acceptors (Lipinski definition) is 5. The van der Waals surface area contributed by atoms with Gasteiger partial charge in [0.2, 0.25) is 0 Å².